The van der Waals surface area contributed by atoms with Gasteiger partial charge >= 0.3 is 5.97 Å². The molecule has 6 heteroatoms. The van der Waals surface area contributed by atoms with E-state index in [1.807, 2.05) is 4.90 Å². The number of fused-ring (bicyclic) bond motifs is 4. The topological polar surface area (TPSA) is 69.2 Å². The average molecular weight is 363 g/mol. The molecule has 1 atom stereocenters. The van der Waals surface area contributed by atoms with Crippen molar-refractivity contribution in [2.45, 2.75) is 19.0 Å². The molecule has 0 aliphatic carbocycles. The third-order valence-corrected chi connectivity index (χ3v) is 6.38. The Labute approximate surface area is 153 Å². The van der Waals surface area contributed by atoms with Crippen LogP contribution in [-0.4, -0.2) is 32.5 Å². The van der Waals surface area contributed by atoms with E-state index in [1.54, 1.807) is 17.7 Å². The maximum atomic E-state index is 11.9. The number of benzene rings is 2. The first-order valence-corrected chi connectivity index (χ1v) is 9.42. The van der Waals surface area contributed by atoms with Crippen molar-refractivity contribution in [2.75, 3.05) is 6.54 Å². The van der Waals surface area contributed by atoms with E-state index in [9.17, 15) is 9.90 Å². The zero-order chi connectivity index (χ0) is 17.7. The van der Waals surface area contributed by atoms with Gasteiger partial charge in [-0.15, -0.1) is 11.3 Å². The lowest BCUT2D eigenvalue weighted by atomic mass is 10.0. The van der Waals surface area contributed by atoms with Crippen molar-refractivity contribution in [1.82, 2.24) is 14.9 Å². The van der Waals surface area contributed by atoms with Crippen LogP contribution in [0.5, 0.6) is 0 Å². The first kappa shape index (κ1) is 15.5. The van der Waals surface area contributed by atoms with Crippen LogP contribution in [0.15, 0.2) is 48.8 Å². The molecule has 1 aliphatic heterocycles. The number of aromatic nitrogens is 2. The highest BCUT2D eigenvalue weighted by atomic mass is 32.1. The fourth-order valence-corrected chi connectivity index (χ4v) is 5.12. The van der Waals surface area contributed by atoms with Crippen LogP contribution in [0.1, 0.15) is 23.0 Å². The molecule has 130 valence electrons. The van der Waals surface area contributed by atoms with Crippen LogP contribution < -0.4 is 0 Å². The minimum absolute atomic E-state index is 0.605. The van der Waals surface area contributed by atoms with Crippen LogP contribution in [0.4, 0.5) is 0 Å². The van der Waals surface area contributed by atoms with Crippen LogP contribution in [0.25, 0.3) is 20.2 Å². The number of imidazole rings is 1. The molecule has 0 saturated heterocycles. The molecule has 2 N–H and O–H groups in total. The highest BCUT2D eigenvalue weighted by Crippen LogP contribution is 2.37. The summed E-state index contributed by atoms with van der Waals surface area (Å²) < 4.78 is 2.50. The number of aromatic amines is 1. The molecule has 0 amide bonds. The van der Waals surface area contributed by atoms with Crippen molar-refractivity contribution in [1.29, 1.82) is 0 Å². The van der Waals surface area contributed by atoms with Gasteiger partial charge in [-0.2, -0.15) is 0 Å². The van der Waals surface area contributed by atoms with Gasteiger partial charge in [0.1, 0.15) is 0 Å². The second kappa shape index (κ2) is 5.93. The van der Waals surface area contributed by atoms with Crippen molar-refractivity contribution < 1.29 is 9.90 Å². The van der Waals surface area contributed by atoms with Gasteiger partial charge in [0.2, 0.25) is 0 Å². The maximum absolute atomic E-state index is 11.9. The lowest BCUT2D eigenvalue weighted by molar-refractivity contribution is -0.144. The number of rotatable bonds is 3. The number of carboxylic acids is 1. The van der Waals surface area contributed by atoms with Gasteiger partial charge in [-0.05, 0) is 11.6 Å². The zero-order valence-electron chi connectivity index (χ0n) is 14.0. The van der Waals surface area contributed by atoms with Crippen molar-refractivity contribution in [2.24, 2.45) is 0 Å². The van der Waals surface area contributed by atoms with E-state index in [0.29, 0.717) is 18.8 Å². The molecule has 0 fully saturated rings. The van der Waals surface area contributed by atoms with Gasteiger partial charge in [0, 0.05) is 45.4 Å². The summed E-state index contributed by atoms with van der Waals surface area (Å²) in [7, 11) is 0. The normalized spacial score (nSPS) is 17.6. The van der Waals surface area contributed by atoms with Crippen LogP contribution in [0.2, 0.25) is 0 Å². The molecule has 5 rings (SSSR count). The minimum Gasteiger partial charge on any atom is -0.480 e. The lowest BCUT2D eigenvalue weighted by Gasteiger charge is -2.32. The van der Waals surface area contributed by atoms with E-state index in [-0.39, 0.29) is 0 Å². The monoisotopic (exact) mass is 363 g/mol. The molecule has 1 unspecified atom stereocenters. The van der Waals surface area contributed by atoms with Crippen molar-refractivity contribution in [3.05, 3.63) is 65.7 Å². The van der Waals surface area contributed by atoms with E-state index < -0.39 is 12.0 Å². The minimum atomic E-state index is -0.846. The van der Waals surface area contributed by atoms with Gasteiger partial charge < -0.3 is 10.1 Å². The van der Waals surface area contributed by atoms with Crippen molar-refractivity contribution in [3.63, 3.8) is 0 Å². The van der Waals surface area contributed by atoms with Crippen LogP contribution in [-0.2, 0) is 17.8 Å². The van der Waals surface area contributed by atoms with Gasteiger partial charge in [0.15, 0.2) is 6.04 Å². The van der Waals surface area contributed by atoms with E-state index in [2.05, 4.69) is 52.4 Å². The highest BCUT2D eigenvalue weighted by Gasteiger charge is 2.35. The Hall–Kier alpha value is -2.70. The van der Waals surface area contributed by atoms with Crippen molar-refractivity contribution in [3.8, 4) is 0 Å². The largest absolute Gasteiger partial charge is 0.480 e. The quantitative estimate of drug-likeness (QED) is 0.578. The van der Waals surface area contributed by atoms with Gasteiger partial charge in [-0.3, -0.25) is 9.69 Å². The molecule has 1 aliphatic rings. The smallest absolute Gasteiger partial charge is 0.327 e. The molecule has 3 heterocycles. The summed E-state index contributed by atoms with van der Waals surface area (Å²) in [4.78, 5) is 21.3. The summed E-state index contributed by atoms with van der Waals surface area (Å²) in [6.45, 7) is 1.31. The molecular weight excluding hydrogens is 346 g/mol. The number of H-pyrrole nitrogens is 1. The third kappa shape index (κ3) is 2.34. The predicted molar refractivity (Wildman–Crippen MR) is 102 cm³/mol. The molecule has 4 aromatic rings. The van der Waals surface area contributed by atoms with Gasteiger partial charge in [0.25, 0.3) is 0 Å². The van der Waals surface area contributed by atoms with Gasteiger partial charge in [-0.1, -0.05) is 36.4 Å². The standard InChI is InChI=1S/C20H17N3O2S/c24-20(25)18-17-15(21-11-22-17)8-9-23(18)10-12-4-3-6-14-13-5-1-2-7-16(13)26-19(12)14/h1-7,11,18H,8-10H2,(H,21,22)(H,24,25). The molecule has 2 aromatic carbocycles. The van der Waals surface area contributed by atoms with Gasteiger partial charge in [-0.25, -0.2) is 4.98 Å². The first-order valence-electron chi connectivity index (χ1n) is 8.60. The summed E-state index contributed by atoms with van der Waals surface area (Å²) in [5, 5.41) is 12.3. The van der Waals surface area contributed by atoms with Crippen LogP contribution >= 0.6 is 11.3 Å². The van der Waals surface area contributed by atoms with Crippen LogP contribution in [0.3, 0.4) is 0 Å². The number of nitrogens with zero attached hydrogens (tertiary/aromatic N) is 2. The third-order valence-electron chi connectivity index (χ3n) is 5.12. The summed E-state index contributed by atoms with van der Waals surface area (Å²) in [5.74, 6) is -0.846. The molecule has 2 aromatic heterocycles. The Morgan fingerprint density at radius 2 is 2.08 bits per heavy atom. The molecule has 26 heavy (non-hydrogen) atoms. The second-order valence-corrected chi connectivity index (χ2v) is 7.67. The SMILES string of the molecule is O=C(O)C1c2nc[nH]c2CCN1Cc1cccc2c1sc1ccccc12. The summed E-state index contributed by atoms with van der Waals surface area (Å²) >= 11 is 1.78. The number of nitrogens with one attached hydrogen (secondary N) is 1. The zero-order valence-corrected chi connectivity index (χ0v) is 14.8. The van der Waals surface area contributed by atoms with Gasteiger partial charge in [0.05, 0.1) is 12.0 Å². The molecular formula is C20H17N3O2S. The maximum Gasteiger partial charge on any atom is 0.327 e. The number of carboxylic acid groups (broad SMARTS) is 1. The van der Waals surface area contributed by atoms with E-state index in [4.69, 9.17) is 0 Å². The Kier molecular flexibility index (Phi) is 3.55. The summed E-state index contributed by atoms with van der Waals surface area (Å²) in [5.41, 5.74) is 2.76. The molecule has 5 nitrogen and oxygen atoms in total. The molecule has 0 spiro atoms. The number of aliphatic carboxylic acids is 1. The number of hydrogen-bond donors (Lipinski definition) is 2. The Morgan fingerprint density at radius 1 is 1.23 bits per heavy atom. The number of thiophene rings is 1. The molecule has 0 bridgehead atoms. The van der Waals surface area contributed by atoms with Crippen LogP contribution in [0, 0.1) is 0 Å². The average Bonchev–Trinajstić information content (AvgIpc) is 3.26. The lowest BCUT2D eigenvalue weighted by Crippen LogP contribution is -2.39. The highest BCUT2D eigenvalue weighted by molar-refractivity contribution is 7.26. The Balaban J connectivity index is 1.58. The summed E-state index contributed by atoms with van der Waals surface area (Å²) in [6.07, 6.45) is 2.39. The predicted octanol–water partition coefficient (Wildman–Crippen LogP) is 3.96. The van der Waals surface area contributed by atoms with E-state index in [1.165, 1.54) is 25.7 Å². The Morgan fingerprint density at radius 3 is 2.96 bits per heavy atom. The summed E-state index contributed by atoms with van der Waals surface area (Å²) in [6, 6.07) is 14.0. The van der Waals surface area contributed by atoms with E-state index >= 15 is 0 Å². The van der Waals surface area contributed by atoms with Crippen molar-refractivity contribution >= 4 is 37.5 Å². The fourth-order valence-electron chi connectivity index (χ4n) is 3.92. The number of carbonyl (C=O) groups is 1. The van der Waals surface area contributed by atoms with E-state index in [0.717, 1.165) is 12.1 Å². The first-order chi connectivity index (χ1) is 12.7. The molecule has 0 radical (unpaired) electrons. The number of hydrogen-bond acceptors (Lipinski definition) is 4. The molecule has 0 saturated carbocycles. The fraction of sp³-hybridized carbons (Fsp3) is 0.200. The second-order valence-electron chi connectivity index (χ2n) is 6.62. The Bertz CT molecular complexity index is 1130.